The van der Waals surface area contributed by atoms with E-state index in [1.54, 1.807) is 11.1 Å². The fourth-order valence-electron chi connectivity index (χ4n) is 2.48. The minimum atomic E-state index is -0.436. The van der Waals surface area contributed by atoms with Gasteiger partial charge in [0.2, 0.25) is 0 Å². The number of pyridine rings is 2. The van der Waals surface area contributed by atoms with Gasteiger partial charge in [-0.15, -0.1) is 0 Å². The Bertz CT molecular complexity index is 721. The highest BCUT2D eigenvalue weighted by atomic mass is 16.3. The monoisotopic (exact) mass is 300 g/mol. The second-order valence-electron chi connectivity index (χ2n) is 5.06. The molecule has 22 heavy (non-hydrogen) atoms. The summed E-state index contributed by atoms with van der Waals surface area (Å²) in [6.07, 6.45) is 3.00. The zero-order chi connectivity index (χ0) is 15.5. The SMILES string of the molecule is O=C(c1c[nH]c(=O)cc1O)N1CCN(c2ccccn2)CC1. The molecular weight excluding hydrogens is 284 g/mol. The Labute approximate surface area is 126 Å². The lowest BCUT2D eigenvalue weighted by molar-refractivity contribution is 0.0743. The number of aromatic amines is 1. The molecule has 0 saturated carbocycles. The highest BCUT2D eigenvalue weighted by Gasteiger charge is 2.24. The van der Waals surface area contributed by atoms with E-state index in [0.29, 0.717) is 26.2 Å². The van der Waals surface area contributed by atoms with Crippen molar-refractivity contribution in [2.75, 3.05) is 31.1 Å². The van der Waals surface area contributed by atoms with Gasteiger partial charge >= 0.3 is 0 Å². The minimum Gasteiger partial charge on any atom is -0.507 e. The summed E-state index contributed by atoms with van der Waals surface area (Å²) in [7, 11) is 0. The summed E-state index contributed by atoms with van der Waals surface area (Å²) in [5, 5.41) is 9.73. The molecule has 2 N–H and O–H groups in total. The number of anilines is 1. The fourth-order valence-corrected chi connectivity index (χ4v) is 2.48. The molecule has 0 spiro atoms. The van der Waals surface area contributed by atoms with Crippen molar-refractivity contribution in [3.05, 3.63) is 52.6 Å². The lowest BCUT2D eigenvalue weighted by atomic mass is 10.2. The number of piperazine rings is 1. The summed E-state index contributed by atoms with van der Waals surface area (Å²) in [5.41, 5.74) is -0.320. The van der Waals surface area contributed by atoms with Gasteiger partial charge < -0.3 is 19.9 Å². The number of carbonyl (C=O) groups is 1. The first-order chi connectivity index (χ1) is 10.6. The maximum atomic E-state index is 12.4. The van der Waals surface area contributed by atoms with Crippen LogP contribution >= 0.6 is 0 Å². The maximum Gasteiger partial charge on any atom is 0.259 e. The van der Waals surface area contributed by atoms with E-state index in [2.05, 4.69) is 14.9 Å². The molecule has 1 amide bonds. The predicted octanol–water partition coefficient (Wildman–Crippen LogP) is 0.438. The van der Waals surface area contributed by atoms with Crippen molar-refractivity contribution in [1.29, 1.82) is 0 Å². The lowest BCUT2D eigenvalue weighted by Crippen LogP contribution is -2.49. The van der Waals surface area contributed by atoms with Crippen molar-refractivity contribution < 1.29 is 9.90 Å². The number of nitrogens with zero attached hydrogens (tertiary/aromatic N) is 3. The first kappa shape index (κ1) is 14.1. The Morgan fingerprint density at radius 2 is 2.00 bits per heavy atom. The normalized spacial score (nSPS) is 14.9. The van der Waals surface area contributed by atoms with Crippen molar-refractivity contribution in [3.8, 4) is 5.75 Å². The van der Waals surface area contributed by atoms with Gasteiger partial charge in [0.15, 0.2) is 0 Å². The van der Waals surface area contributed by atoms with Crippen LogP contribution in [0.5, 0.6) is 5.75 Å². The number of aromatic nitrogens is 2. The molecule has 1 fully saturated rings. The zero-order valence-corrected chi connectivity index (χ0v) is 11.9. The third-order valence-electron chi connectivity index (χ3n) is 3.67. The summed E-state index contributed by atoms with van der Waals surface area (Å²) in [6.45, 7) is 2.42. The summed E-state index contributed by atoms with van der Waals surface area (Å²) in [5.74, 6) is 0.316. The van der Waals surface area contributed by atoms with Crippen molar-refractivity contribution >= 4 is 11.7 Å². The molecule has 0 aromatic carbocycles. The van der Waals surface area contributed by atoms with E-state index in [-0.39, 0.29) is 17.2 Å². The second-order valence-corrected chi connectivity index (χ2v) is 5.06. The van der Waals surface area contributed by atoms with Crippen LogP contribution in [0.4, 0.5) is 5.82 Å². The third-order valence-corrected chi connectivity index (χ3v) is 3.67. The van der Waals surface area contributed by atoms with Gasteiger partial charge in [-0.1, -0.05) is 6.07 Å². The molecule has 7 nitrogen and oxygen atoms in total. The van der Waals surface area contributed by atoms with Crippen LogP contribution in [-0.4, -0.2) is 52.1 Å². The standard InChI is InChI=1S/C15H16N4O3/c20-12-9-14(21)17-10-11(12)15(22)19-7-5-18(6-8-19)13-3-1-2-4-16-13/h1-4,9-10H,5-8H2,(H2,17,20,21). The number of carbonyl (C=O) groups excluding carboxylic acids is 1. The van der Waals surface area contributed by atoms with Gasteiger partial charge in [-0.3, -0.25) is 9.59 Å². The molecule has 2 aromatic rings. The largest absolute Gasteiger partial charge is 0.507 e. The number of aromatic hydroxyl groups is 1. The molecule has 2 aromatic heterocycles. The highest BCUT2D eigenvalue weighted by molar-refractivity contribution is 5.96. The van der Waals surface area contributed by atoms with Gasteiger partial charge in [-0.2, -0.15) is 0 Å². The lowest BCUT2D eigenvalue weighted by Gasteiger charge is -2.35. The van der Waals surface area contributed by atoms with E-state index in [4.69, 9.17) is 0 Å². The number of hydrogen-bond donors (Lipinski definition) is 2. The van der Waals surface area contributed by atoms with Crippen molar-refractivity contribution in [1.82, 2.24) is 14.9 Å². The molecule has 0 atom stereocenters. The van der Waals surface area contributed by atoms with E-state index < -0.39 is 5.56 Å². The van der Waals surface area contributed by atoms with Crippen molar-refractivity contribution in [2.45, 2.75) is 0 Å². The molecule has 3 rings (SSSR count). The number of hydrogen-bond acceptors (Lipinski definition) is 5. The van der Waals surface area contributed by atoms with Crippen LogP contribution in [0, 0.1) is 0 Å². The molecule has 7 heteroatoms. The number of amides is 1. The molecule has 0 aliphatic carbocycles. The van der Waals surface area contributed by atoms with Gasteiger partial charge in [0.05, 0.1) is 5.56 Å². The molecule has 0 radical (unpaired) electrons. The van der Waals surface area contributed by atoms with Crippen LogP contribution in [-0.2, 0) is 0 Å². The van der Waals surface area contributed by atoms with E-state index in [0.717, 1.165) is 11.9 Å². The van der Waals surface area contributed by atoms with Gasteiger partial charge in [-0.25, -0.2) is 4.98 Å². The van der Waals surface area contributed by atoms with Gasteiger partial charge in [0.1, 0.15) is 11.6 Å². The van der Waals surface area contributed by atoms with E-state index in [1.165, 1.54) is 6.20 Å². The third kappa shape index (κ3) is 2.78. The van der Waals surface area contributed by atoms with Crippen LogP contribution in [0.2, 0.25) is 0 Å². The molecular formula is C15H16N4O3. The topological polar surface area (TPSA) is 89.5 Å². The number of rotatable bonds is 2. The molecule has 114 valence electrons. The predicted molar refractivity (Wildman–Crippen MR) is 81.1 cm³/mol. The van der Waals surface area contributed by atoms with Crippen LogP contribution < -0.4 is 10.5 Å². The van der Waals surface area contributed by atoms with Gasteiger partial charge in [0.25, 0.3) is 11.5 Å². The summed E-state index contributed by atoms with van der Waals surface area (Å²) in [4.78, 5) is 33.9. The molecule has 3 heterocycles. The molecule has 1 aliphatic heterocycles. The number of nitrogens with one attached hydrogen (secondary N) is 1. The summed E-state index contributed by atoms with van der Waals surface area (Å²) >= 11 is 0. The van der Waals surface area contributed by atoms with Gasteiger partial charge in [0, 0.05) is 44.6 Å². The average Bonchev–Trinajstić information content (AvgIpc) is 2.55. The summed E-state index contributed by atoms with van der Waals surface area (Å²) in [6, 6.07) is 6.74. The van der Waals surface area contributed by atoms with Crippen molar-refractivity contribution in [3.63, 3.8) is 0 Å². The van der Waals surface area contributed by atoms with Crippen LogP contribution in [0.3, 0.4) is 0 Å². The molecule has 1 aliphatic rings. The van der Waals surface area contributed by atoms with Crippen LogP contribution in [0.1, 0.15) is 10.4 Å². The Morgan fingerprint density at radius 3 is 2.64 bits per heavy atom. The van der Waals surface area contributed by atoms with Crippen molar-refractivity contribution in [2.24, 2.45) is 0 Å². The van der Waals surface area contributed by atoms with Gasteiger partial charge in [-0.05, 0) is 12.1 Å². The first-order valence-electron chi connectivity index (χ1n) is 7.02. The second kappa shape index (κ2) is 5.88. The van der Waals surface area contributed by atoms with E-state index in [1.807, 2.05) is 18.2 Å². The summed E-state index contributed by atoms with van der Waals surface area (Å²) < 4.78 is 0. The zero-order valence-electron chi connectivity index (χ0n) is 11.9. The molecule has 0 unspecified atom stereocenters. The first-order valence-corrected chi connectivity index (χ1v) is 7.02. The minimum absolute atomic E-state index is 0.117. The van der Waals surface area contributed by atoms with Crippen LogP contribution in [0.15, 0.2) is 41.5 Å². The fraction of sp³-hybridized carbons (Fsp3) is 0.267. The molecule has 0 bridgehead atoms. The molecule has 1 saturated heterocycles. The Hall–Kier alpha value is -2.83. The Morgan fingerprint density at radius 1 is 1.23 bits per heavy atom. The average molecular weight is 300 g/mol. The highest BCUT2D eigenvalue weighted by Crippen LogP contribution is 2.18. The number of H-pyrrole nitrogens is 1. The quantitative estimate of drug-likeness (QED) is 0.840. The maximum absolute atomic E-state index is 12.4. The Kier molecular flexibility index (Phi) is 3.78. The smallest absolute Gasteiger partial charge is 0.259 e. The van der Waals surface area contributed by atoms with E-state index >= 15 is 0 Å². The Balaban J connectivity index is 1.68. The van der Waals surface area contributed by atoms with E-state index in [9.17, 15) is 14.7 Å². The van der Waals surface area contributed by atoms with Crippen LogP contribution in [0.25, 0.3) is 0 Å².